The van der Waals surface area contributed by atoms with E-state index in [1.54, 1.807) is 13.0 Å². The minimum Gasteiger partial charge on any atom is -0.478 e. The zero-order valence-corrected chi connectivity index (χ0v) is 12.4. The monoisotopic (exact) mass is 278 g/mol. The number of carbonyl (C=O) groups is 2. The summed E-state index contributed by atoms with van der Waals surface area (Å²) in [5.74, 6) is -1.05. The molecular weight excluding hydrogens is 256 g/mol. The van der Waals surface area contributed by atoms with Crippen molar-refractivity contribution in [2.45, 2.75) is 46.6 Å². The van der Waals surface area contributed by atoms with Gasteiger partial charge in [-0.25, -0.2) is 9.59 Å². The number of hydrogen-bond acceptors (Lipinski definition) is 2. The van der Waals surface area contributed by atoms with Crippen LogP contribution in [0.25, 0.3) is 0 Å². The second kappa shape index (κ2) is 6.93. The molecule has 0 radical (unpaired) electrons. The molecular formula is C15H22N2O3. The maximum absolute atomic E-state index is 11.9. The molecule has 1 aromatic rings. The van der Waals surface area contributed by atoms with Crippen molar-refractivity contribution in [1.82, 2.24) is 5.32 Å². The Labute approximate surface area is 119 Å². The lowest BCUT2D eigenvalue weighted by Gasteiger charge is -2.16. The normalized spacial score (nSPS) is 11.8. The minimum absolute atomic E-state index is 0.0547. The Balaban J connectivity index is 2.91. The van der Waals surface area contributed by atoms with Crippen LogP contribution in [0.4, 0.5) is 10.5 Å². The number of urea groups is 1. The summed E-state index contributed by atoms with van der Waals surface area (Å²) in [6.07, 6.45) is 1.86. The van der Waals surface area contributed by atoms with E-state index in [1.165, 1.54) is 0 Å². The summed E-state index contributed by atoms with van der Waals surface area (Å²) in [5.41, 5.74) is 2.05. The number of carbonyl (C=O) groups excluding carboxylic acids is 1. The van der Waals surface area contributed by atoms with Crippen molar-refractivity contribution in [3.63, 3.8) is 0 Å². The van der Waals surface area contributed by atoms with Crippen LogP contribution in [-0.2, 0) is 0 Å². The first-order chi connectivity index (χ1) is 9.35. The molecule has 110 valence electrons. The molecule has 0 saturated carbocycles. The Kier molecular flexibility index (Phi) is 5.55. The molecule has 2 amide bonds. The molecule has 0 aromatic heterocycles. The predicted octanol–water partition coefficient (Wildman–Crippen LogP) is 3.31. The van der Waals surface area contributed by atoms with Crippen LogP contribution >= 0.6 is 0 Å². The number of amides is 2. The van der Waals surface area contributed by atoms with E-state index < -0.39 is 5.97 Å². The van der Waals surface area contributed by atoms with Gasteiger partial charge in [-0.1, -0.05) is 19.4 Å². The highest BCUT2D eigenvalue weighted by Crippen LogP contribution is 2.22. The maximum atomic E-state index is 11.9. The predicted molar refractivity (Wildman–Crippen MR) is 79.4 cm³/mol. The van der Waals surface area contributed by atoms with Crippen LogP contribution in [0.5, 0.6) is 0 Å². The summed E-state index contributed by atoms with van der Waals surface area (Å²) in [6, 6.07) is 3.08. The van der Waals surface area contributed by atoms with Crippen molar-refractivity contribution >= 4 is 17.7 Å². The molecule has 3 N–H and O–H groups in total. The minimum atomic E-state index is -1.05. The summed E-state index contributed by atoms with van der Waals surface area (Å²) < 4.78 is 0. The fraction of sp³-hybridized carbons (Fsp3) is 0.467. The number of aryl methyl sites for hydroxylation is 2. The number of aromatic carboxylic acids is 1. The molecule has 1 rings (SSSR count). The van der Waals surface area contributed by atoms with Crippen molar-refractivity contribution in [2.24, 2.45) is 0 Å². The Bertz CT molecular complexity index is 512. The summed E-state index contributed by atoms with van der Waals surface area (Å²) in [5, 5.41) is 14.7. The van der Waals surface area contributed by atoms with Gasteiger partial charge in [0.1, 0.15) is 0 Å². The van der Waals surface area contributed by atoms with Gasteiger partial charge in [0, 0.05) is 6.04 Å². The topological polar surface area (TPSA) is 78.4 Å². The Morgan fingerprint density at radius 1 is 1.30 bits per heavy atom. The molecule has 1 unspecified atom stereocenters. The highest BCUT2D eigenvalue weighted by atomic mass is 16.4. The van der Waals surface area contributed by atoms with Crippen LogP contribution < -0.4 is 10.6 Å². The first-order valence-corrected chi connectivity index (χ1v) is 6.77. The Morgan fingerprint density at radius 2 is 1.95 bits per heavy atom. The number of carboxylic acids is 1. The van der Waals surface area contributed by atoms with Crippen molar-refractivity contribution in [3.8, 4) is 0 Å². The molecule has 0 heterocycles. The molecule has 0 bridgehead atoms. The number of nitrogens with one attached hydrogen (secondary N) is 2. The van der Waals surface area contributed by atoms with Crippen molar-refractivity contribution in [1.29, 1.82) is 0 Å². The molecule has 5 nitrogen and oxygen atoms in total. The fourth-order valence-electron chi connectivity index (χ4n) is 2.18. The number of hydrogen-bond donors (Lipinski definition) is 3. The SMILES string of the molecule is CCCC(C)NC(=O)Nc1c(C)cc(C)cc1C(=O)O. The summed E-state index contributed by atoms with van der Waals surface area (Å²) in [6.45, 7) is 7.57. The van der Waals surface area contributed by atoms with Crippen LogP contribution in [0.1, 0.15) is 48.2 Å². The highest BCUT2D eigenvalue weighted by molar-refractivity contribution is 6.01. The molecule has 5 heteroatoms. The summed E-state index contributed by atoms with van der Waals surface area (Å²) in [4.78, 5) is 23.2. The van der Waals surface area contributed by atoms with Gasteiger partial charge in [-0.3, -0.25) is 0 Å². The standard InChI is InChI=1S/C15H22N2O3/c1-5-6-11(4)16-15(20)17-13-10(3)7-9(2)8-12(13)14(18)19/h7-8,11H,5-6H2,1-4H3,(H,18,19)(H2,16,17,20). The maximum Gasteiger partial charge on any atom is 0.337 e. The lowest BCUT2D eigenvalue weighted by atomic mass is 10.0. The van der Waals surface area contributed by atoms with Crippen LogP contribution in [0.3, 0.4) is 0 Å². The van der Waals surface area contributed by atoms with E-state index in [1.807, 2.05) is 26.8 Å². The van der Waals surface area contributed by atoms with E-state index in [-0.39, 0.29) is 17.6 Å². The van der Waals surface area contributed by atoms with Gasteiger partial charge in [0.2, 0.25) is 0 Å². The Hall–Kier alpha value is -2.04. The van der Waals surface area contributed by atoms with Crippen molar-refractivity contribution in [3.05, 3.63) is 28.8 Å². The second-order valence-electron chi connectivity index (χ2n) is 5.10. The zero-order valence-electron chi connectivity index (χ0n) is 12.4. The summed E-state index contributed by atoms with van der Waals surface area (Å²) >= 11 is 0. The van der Waals surface area contributed by atoms with Gasteiger partial charge < -0.3 is 15.7 Å². The zero-order chi connectivity index (χ0) is 15.3. The van der Waals surface area contributed by atoms with Crippen LogP contribution in [0.15, 0.2) is 12.1 Å². The molecule has 1 atom stereocenters. The quantitative estimate of drug-likeness (QED) is 0.773. The molecule has 0 spiro atoms. The van der Waals surface area contributed by atoms with Crippen LogP contribution in [0.2, 0.25) is 0 Å². The number of benzene rings is 1. The number of rotatable bonds is 5. The van der Waals surface area contributed by atoms with Crippen LogP contribution in [0, 0.1) is 13.8 Å². The highest BCUT2D eigenvalue weighted by Gasteiger charge is 2.16. The van der Waals surface area contributed by atoms with Crippen molar-refractivity contribution < 1.29 is 14.7 Å². The van der Waals surface area contributed by atoms with Gasteiger partial charge in [-0.2, -0.15) is 0 Å². The smallest absolute Gasteiger partial charge is 0.337 e. The van der Waals surface area contributed by atoms with E-state index in [4.69, 9.17) is 0 Å². The molecule has 0 aliphatic carbocycles. The first-order valence-electron chi connectivity index (χ1n) is 6.77. The third-order valence-corrected chi connectivity index (χ3v) is 3.05. The number of anilines is 1. The van der Waals surface area contributed by atoms with Crippen molar-refractivity contribution in [2.75, 3.05) is 5.32 Å². The van der Waals surface area contributed by atoms with E-state index in [2.05, 4.69) is 10.6 Å². The first kappa shape index (κ1) is 16.0. The lowest BCUT2D eigenvalue weighted by molar-refractivity contribution is 0.0698. The van der Waals surface area contributed by atoms with E-state index in [0.29, 0.717) is 5.69 Å². The van der Waals surface area contributed by atoms with Gasteiger partial charge in [-0.15, -0.1) is 0 Å². The molecule has 0 fully saturated rings. The van der Waals surface area contributed by atoms with E-state index in [0.717, 1.165) is 24.0 Å². The average molecular weight is 278 g/mol. The Morgan fingerprint density at radius 3 is 2.50 bits per heavy atom. The van der Waals surface area contributed by atoms with Gasteiger partial charge in [0.15, 0.2) is 0 Å². The van der Waals surface area contributed by atoms with Gasteiger partial charge in [0.25, 0.3) is 0 Å². The van der Waals surface area contributed by atoms with Gasteiger partial charge >= 0.3 is 12.0 Å². The summed E-state index contributed by atoms with van der Waals surface area (Å²) in [7, 11) is 0. The molecule has 0 saturated heterocycles. The third kappa shape index (κ3) is 4.26. The van der Waals surface area contributed by atoms with E-state index >= 15 is 0 Å². The molecule has 0 aliphatic rings. The van der Waals surface area contributed by atoms with Crippen LogP contribution in [-0.4, -0.2) is 23.1 Å². The van der Waals surface area contributed by atoms with E-state index in [9.17, 15) is 14.7 Å². The molecule has 0 aliphatic heterocycles. The van der Waals surface area contributed by atoms with Gasteiger partial charge in [0.05, 0.1) is 11.3 Å². The number of carboxylic acid groups (broad SMARTS) is 1. The fourth-order valence-corrected chi connectivity index (χ4v) is 2.18. The largest absolute Gasteiger partial charge is 0.478 e. The lowest BCUT2D eigenvalue weighted by Crippen LogP contribution is -2.36. The molecule has 20 heavy (non-hydrogen) atoms. The van der Waals surface area contributed by atoms with Gasteiger partial charge in [-0.05, 0) is 44.4 Å². The molecule has 1 aromatic carbocycles. The third-order valence-electron chi connectivity index (χ3n) is 3.05. The second-order valence-corrected chi connectivity index (χ2v) is 5.10. The average Bonchev–Trinajstić information content (AvgIpc) is 2.32.